The molecule has 0 aromatic carbocycles. The molecule has 2 rings (SSSR count). The van der Waals surface area contributed by atoms with Crippen LogP contribution in [-0.2, 0) is 0 Å². The highest BCUT2D eigenvalue weighted by Crippen LogP contribution is 2.24. The van der Waals surface area contributed by atoms with Gasteiger partial charge in [0.2, 0.25) is 0 Å². The fourth-order valence-corrected chi connectivity index (χ4v) is 4.41. The summed E-state index contributed by atoms with van der Waals surface area (Å²) in [4.78, 5) is 0. The third-order valence-corrected chi connectivity index (χ3v) is 6.54. The highest BCUT2D eigenvalue weighted by molar-refractivity contribution is 8.89. The quantitative estimate of drug-likeness (QED) is 0.581. The Kier molecular flexibility index (Phi) is 7.90. The third-order valence-electron chi connectivity index (χ3n) is 3.40. The molecule has 2 fully saturated rings. The molecule has 0 bridgehead atoms. The smallest absolute Gasteiger partial charge is 0.159 e. The minimum Gasteiger partial charge on any atom is -0.303 e. The van der Waals surface area contributed by atoms with E-state index in [0.29, 0.717) is 0 Å². The first kappa shape index (κ1) is 16.8. The standard InChI is InChI=1S/C12H22N4S4/c17-11(13-15-7-3-1-4-8-15)19-20-12(18)14-16-9-5-2-6-10-16/h1-10H2,(H,13,17)(H,14,18). The Labute approximate surface area is 140 Å². The number of nitrogens with one attached hydrogen (secondary N) is 2. The van der Waals surface area contributed by atoms with Crippen LogP contribution in [0.2, 0.25) is 0 Å². The summed E-state index contributed by atoms with van der Waals surface area (Å²) in [6.45, 7) is 4.34. The zero-order valence-electron chi connectivity index (χ0n) is 11.6. The maximum Gasteiger partial charge on any atom is 0.159 e. The van der Waals surface area contributed by atoms with Gasteiger partial charge in [0, 0.05) is 26.2 Å². The van der Waals surface area contributed by atoms with Crippen molar-refractivity contribution in [3.8, 4) is 0 Å². The Bertz CT molecular complexity index is 295. The molecule has 0 saturated carbocycles. The van der Waals surface area contributed by atoms with E-state index in [0.717, 1.165) is 34.8 Å². The van der Waals surface area contributed by atoms with E-state index in [1.807, 2.05) is 0 Å². The third kappa shape index (κ3) is 6.44. The average molecular weight is 351 g/mol. The van der Waals surface area contributed by atoms with E-state index in [4.69, 9.17) is 24.4 Å². The summed E-state index contributed by atoms with van der Waals surface area (Å²) in [5.41, 5.74) is 6.57. The summed E-state index contributed by atoms with van der Waals surface area (Å²) >= 11 is 10.7. The Morgan fingerprint density at radius 3 is 1.35 bits per heavy atom. The van der Waals surface area contributed by atoms with Crippen LogP contribution in [-0.4, -0.2) is 44.8 Å². The fourth-order valence-electron chi connectivity index (χ4n) is 2.38. The maximum atomic E-state index is 5.35. The first-order chi connectivity index (χ1) is 9.74. The Morgan fingerprint density at radius 1 is 0.650 bits per heavy atom. The second kappa shape index (κ2) is 9.42. The molecule has 0 amide bonds. The minimum absolute atomic E-state index is 0.791. The van der Waals surface area contributed by atoms with Crippen molar-refractivity contribution in [3.05, 3.63) is 0 Å². The van der Waals surface area contributed by atoms with Crippen LogP contribution in [0.3, 0.4) is 0 Å². The van der Waals surface area contributed by atoms with Crippen molar-refractivity contribution in [2.75, 3.05) is 26.2 Å². The zero-order chi connectivity index (χ0) is 14.2. The van der Waals surface area contributed by atoms with Crippen LogP contribution in [0, 0.1) is 0 Å². The molecule has 0 aromatic rings. The number of hydrazine groups is 2. The lowest BCUT2D eigenvalue weighted by Crippen LogP contribution is -2.44. The molecule has 2 aliphatic heterocycles. The monoisotopic (exact) mass is 350 g/mol. The van der Waals surface area contributed by atoms with Gasteiger partial charge in [-0.05, 0) is 47.3 Å². The highest BCUT2D eigenvalue weighted by Gasteiger charge is 2.14. The normalized spacial score (nSPS) is 21.4. The Balaban J connectivity index is 1.58. The second-order valence-corrected chi connectivity index (χ2v) is 8.54. The SMILES string of the molecule is S=C(NN1CCCCC1)SSC(=S)NN1CCCCC1. The molecule has 0 aromatic heterocycles. The van der Waals surface area contributed by atoms with Gasteiger partial charge < -0.3 is 10.9 Å². The average Bonchev–Trinajstić information content (AvgIpc) is 2.47. The van der Waals surface area contributed by atoms with Crippen LogP contribution in [0.4, 0.5) is 0 Å². The molecular weight excluding hydrogens is 328 g/mol. The summed E-state index contributed by atoms with van der Waals surface area (Å²) in [5.74, 6) is 0. The van der Waals surface area contributed by atoms with Crippen LogP contribution in [0.25, 0.3) is 0 Å². The zero-order valence-corrected chi connectivity index (χ0v) is 14.9. The summed E-state index contributed by atoms with van der Waals surface area (Å²) in [5, 5.41) is 4.42. The molecule has 0 unspecified atom stereocenters. The number of thiocarbonyl (C=S) groups is 2. The molecule has 114 valence electrons. The van der Waals surface area contributed by atoms with Gasteiger partial charge in [0.25, 0.3) is 0 Å². The van der Waals surface area contributed by atoms with E-state index in [2.05, 4.69) is 20.9 Å². The molecule has 2 heterocycles. The number of nitrogens with zero attached hydrogens (tertiary/aromatic N) is 2. The topological polar surface area (TPSA) is 30.5 Å². The molecule has 8 heteroatoms. The van der Waals surface area contributed by atoms with Crippen LogP contribution >= 0.6 is 46.0 Å². The van der Waals surface area contributed by atoms with Crippen molar-refractivity contribution in [2.24, 2.45) is 0 Å². The van der Waals surface area contributed by atoms with E-state index in [9.17, 15) is 0 Å². The van der Waals surface area contributed by atoms with Gasteiger partial charge in [-0.1, -0.05) is 37.3 Å². The lowest BCUT2D eigenvalue weighted by Gasteiger charge is -2.28. The molecule has 2 aliphatic rings. The summed E-state index contributed by atoms with van der Waals surface area (Å²) in [6.07, 6.45) is 7.67. The van der Waals surface area contributed by atoms with Gasteiger partial charge in [0.15, 0.2) is 8.64 Å². The van der Waals surface area contributed by atoms with Gasteiger partial charge in [-0.3, -0.25) is 0 Å². The van der Waals surface area contributed by atoms with Crippen molar-refractivity contribution >= 4 is 54.7 Å². The molecule has 0 radical (unpaired) electrons. The number of rotatable bonds is 2. The molecule has 20 heavy (non-hydrogen) atoms. The molecule has 0 aliphatic carbocycles. The predicted octanol–water partition coefficient (Wildman–Crippen LogP) is 2.92. The van der Waals surface area contributed by atoms with Gasteiger partial charge in [-0.2, -0.15) is 0 Å². The second-order valence-electron chi connectivity index (χ2n) is 5.06. The van der Waals surface area contributed by atoms with Crippen LogP contribution in [0.1, 0.15) is 38.5 Å². The largest absolute Gasteiger partial charge is 0.303 e. The number of hydrogen-bond donors (Lipinski definition) is 2. The highest BCUT2D eigenvalue weighted by atomic mass is 33.1. The summed E-state index contributed by atoms with van der Waals surface area (Å²) in [7, 11) is 3.06. The van der Waals surface area contributed by atoms with Crippen molar-refractivity contribution in [1.29, 1.82) is 0 Å². The Morgan fingerprint density at radius 2 is 1.00 bits per heavy atom. The van der Waals surface area contributed by atoms with E-state index in [-0.39, 0.29) is 0 Å². The van der Waals surface area contributed by atoms with Crippen LogP contribution in [0.15, 0.2) is 0 Å². The lowest BCUT2D eigenvalue weighted by atomic mass is 10.2. The van der Waals surface area contributed by atoms with Crippen molar-refractivity contribution in [2.45, 2.75) is 38.5 Å². The summed E-state index contributed by atoms with van der Waals surface area (Å²) in [6, 6.07) is 0. The first-order valence-electron chi connectivity index (χ1n) is 7.20. The predicted molar refractivity (Wildman–Crippen MR) is 97.5 cm³/mol. The van der Waals surface area contributed by atoms with Crippen LogP contribution in [0.5, 0.6) is 0 Å². The van der Waals surface area contributed by atoms with E-state index >= 15 is 0 Å². The number of hydrogen-bond acceptors (Lipinski definition) is 6. The first-order valence-corrected chi connectivity index (χ1v) is 10.2. The number of piperidine rings is 2. The van der Waals surface area contributed by atoms with E-state index in [1.165, 1.54) is 60.1 Å². The van der Waals surface area contributed by atoms with Gasteiger partial charge in [0.05, 0.1) is 0 Å². The van der Waals surface area contributed by atoms with E-state index < -0.39 is 0 Å². The van der Waals surface area contributed by atoms with Gasteiger partial charge in [-0.25, -0.2) is 10.0 Å². The summed E-state index contributed by atoms with van der Waals surface area (Å²) < 4.78 is 1.58. The van der Waals surface area contributed by atoms with E-state index in [1.54, 1.807) is 0 Å². The minimum atomic E-state index is 0.791. The van der Waals surface area contributed by atoms with Gasteiger partial charge in [-0.15, -0.1) is 0 Å². The Hall–Kier alpha value is 0.400. The van der Waals surface area contributed by atoms with Crippen molar-refractivity contribution in [3.63, 3.8) is 0 Å². The van der Waals surface area contributed by atoms with Gasteiger partial charge >= 0.3 is 0 Å². The maximum absolute atomic E-state index is 5.35. The molecule has 2 N–H and O–H groups in total. The van der Waals surface area contributed by atoms with Crippen LogP contribution < -0.4 is 10.9 Å². The van der Waals surface area contributed by atoms with Gasteiger partial charge in [0.1, 0.15) is 0 Å². The molecule has 2 saturated heterocycles. The van der Waals surface area contributed by atoms with Crippen molar-refractivity contribution < 1.29 is 0 Å². The lowest BCUT2D eigenvalue weighted by molar-refractivity contribution is 0.197. The fraction of sp³-hybridized carbons (Fsp3) is 0.833. The molecule has 0 spiro atoms. The molecular formula is C12H22N4S4. The molecule has 4 nitrogen and oxygen atoms in total. The van der Waals surface area contributed by atoms with Crippen molar-refractivity contribution in [1.82, 2.24) is 20.9 Å². The molecule has 0 atom stereocenters.